The molecule has 0 unspecified atom stereocenters. The smallest absolute Gasteiger partial charge is 0.319 e. The van der Waals surface area contributed by atoms with Crippen molar-refractivity contribution in [3.63, 3.8) is 0 Å². The number of hydrogen-bond acceptors (Lipinski definition) is 6. The van der Waals surface area contributed by atoms with Crippen LogP contribution in [0.3, 0.4) is 0 Å². The molecule has 2 aromatic rings. The third-order valence-corrected chi connectivity index (χ3v) is 5.62. The zero-order valence-corrected chi connectivity index (χ0v) is 19.2. The van der Waals surface area contributed by atoms with Crippen molar-refractivity contribution >= 4 is 23.5 Å². The summed E-state index contributed by atoms with van der Waals surface area (Å²) < 4.78 is 5.57. The van der Waals surface area contributed by atoms with Gasteiger partial charge in [0.1, 0.15) is 11.6 Å². The Bertz CT molecular complexity index is 894. The molecule has 1 aromatic carbocycles. The minimum Gasteiger partial charge on any atom is -0.492 e. The lowest BCUT2D eigenvalue weighted by Crippen LogP contribution is -2.42. The van der Waals surface area contributed by atoms with Crippen molar-refractivity contribution in [1.29, 1.82) is 0 Å². The molecule has 3 rings (SSSR count). The average molecular weight is 427 g/mol. The molecule has 1 aliphatic rings. The van der Waals surface area contributed by atoms with Crippen LogP contribution < -0.4 is 25.6 Å². The van der Waals surface area contributed by atoms with Crippen LogP contribution in [0.1, 0.15) is 43.9 Å². The maximum atomic E-state index is 12.5. The third kappa shape index (κ3) is 5.99. The molecule has 1 fully saturated rings. The number of anilines is 3. The molecule has 168 valence electrons. The van der Waals surface area contributed by atoms with E-state index < -0.39 is 0 Å². The molecule has 3 N–H and O–H groups in total. The Morgan fingerprint density at radius 2 is 1.77 bits per heavy atom. The second-order valence-electron chi connectivity index (χ2n) is 8.20. The monoisotopic (exact) mass is 426 g/mol. The van der Waals surface area contributed by atoms with Crippen molar-refractivity contribution < 1.29 is 9.53 Å². The molecule has 2 amide bonds. The van der Waals surface area contributed by atoms with Crippen molar-refractivity contribution in [2.45, 2.75) is 58.5 Å². The highest BCUT2D eigenvalue weighted by Crippen LogP contribution is 2.26. The van der Waals surface area contributed by atoms with Gasteiger partial charge in [0.05, 0.1) is 12.3 Å². The summed E-state index contributed by atoms with van der Waals surface area (Å²) >= 11 is 0. The van der Waals surface area contributed by atoms with Gasteiger partial charge < -0.3 is 25.6 Å². The predicted octanol–water partition coefficient (Wildman–Crippen LogP) is 4.10. The van der Waals surface area contributed by atoms with E-state index in [1.54, 1.807) is 0 Å². The fourth-order valence-corrected chi connectivity index (χ4v) is 3.87. The van der Waals surface area contributed by atoms with Crippen LogP contribution >= 0.6 is 0 Å². The molecule has 1 heterocycles. The summed E-state index contributed by atoms with van der Waals surface area (Å²) in [6, 6.07) is 7.72. The summed E-state index contributed by atoms with van der Waals surface area (Å²) in [4.78, 5) is 23.8. The molecular weight excluding hydrogens is 392 g/mol. The van der Waals surface area contributed by atoms with Crippen LogP contribution in [-0.2, 0) is 0 Å². The third-order valence-electron chi connectivity index (χ3n) is 5.62. The van der Waals surface area contributed by atoms with Gasteiger partial charge >= 0.3 is 6.03 Å². The first-order chi connectivity index (χ1) is 14.9. The topological polar surface area (TPSA) is 91.4 Å². The Morgan fingerprint density at radius 3 is 2.45 bits per heavy atom. The Hall–Kier alpha value is -3.03. The summed E-state index contributed by atoms with van der Waals surface area (Å²) in [6.45, 7) is 6.53. The molecule has 0 atom stereocenters. The number of nitrogens with one attached hydrogen (secondary N) is 3. The van der Waals surface area contributed by atoms with Crippen molar-refractivity contribution in [3.05, 3.63) is 35.5 Å². The van der Waals surface area contributed by atoms with E-state index in [2.05, 4.69) is 25.9 Å². The van der Waals surface area contributed by atoms with Crippen molar-refractivity contribution in [3.8, 4) is 5.75 Å². The second kappa shape index (κ2) is 10.3. The van der Waals surface area contributed by atoms with E-state index in [1.165, 1.54) is 0 Å². The lowest BCUT2D eigenvalue weighted by Gasteiger charge is -2.30. The summed E-state index contributed by atoms with van der Waals surface area (Å²) in [5.41, 5.74) is 2.77. The van der Waals surface area contributed by atoms with Gasteiger partial charge in [-0.2, -0.15) is 4.98 Å². The number of aryl methyl sites for hydroxylation is 1. The maximum absolute atomic E-state index is 12.5. The molecule has 1 aliphatic carbocycles. The molecule has 0 spiro atoms. The maximum Gasteiger partial charge on any atom is 0.319 e. The Labute approximate surface area is 184 Å². The predicted molar refractivity (Wildman–Crippen MR) is 125 cm³/mol. The number of urea groups is 1. The normalized spacial score (nSPS) is 18.2. The Balaban J connectivity index is 1.51. The van der Waals surface area contributed by atoms with Gasteiger partial charge in [-0.05, 0) is 58.6 Å². The summed E-state index contributed by atoms with van der Waals surface area (Å²) in [7, 11) is 3.99. The summed E-state index contributed by atoms with van der Waals surface area (Å²) in [6.07, 6.45) is 3.72. The van der Waals surface area contributed by atoms with Crippen molar-refractivity contribution in [2.75, 3.05) is 36.2 Å². The van der Waals surface area contributed by atoms with Crippen LogP contribution in [0.15, 0.2) is 24.3 Å². The average Bonchev–Trinajstić information content (AvgIpc) is 2.73. The fraction of sp³-hybridized carbons (Fsp3) is 0.522. The number of rotatable bonds is 7. The van der Waals surface area contributed by atoms with E-state index in [0.29, 0.717) is 30.0 Å². The number of amides is 2. The first kappa shape index (κ1) is 22.7. The minimum atomic E-state index is -0.198. The van der Waals surface area contributed by atoms with Gasteiger partial charge in [-0.1, -0.05) is 12.1 Å². The quantitative estimate of drug-likeness (QED) is 0.617. The molecule has 8 nitrogen and oxygen atoms in total. The van der Waals surface area contributed by atoms with E-state index in [0.717, 1.165) is 42.8 Å². The zero-order chi connectivity index (χ0) is 22.4. The highest BCUT2D eigenvalue weighted by atomic mass is 16.5. The number of hydrogen-bond donors (Lipinski definition) is 3. The van der Waals surface area contributed by atoms with Gasteiger partial charge in [-0.3, -0.25) is 0 Å². The van der Waals surface area contributed by atoms with Gasteiger partial charge in [0, 0.05) is 37.4 Å². The number of aromatic nitrogens is 2. The molecule has 8 heteroatoms. The van der Waals surface area contributed by atoms with Crippen molar-refractivity contribution in [2.24, 2.45) is 0 Å². The highest BCUT2D eigenvalue weighted by molar-refractivity contribution is 5.91. The lowest BCUT2D eigenvalue weighted by molar-refractivity contribution is 0.243. The van der Waals surface area contributed by atoms with Gasteiger partial charge in [0.25, 0.3) is 0 Å². The first-order valence-corrected chi connectivity index (χ1v) is 11.0. The fourth-order valence-electron chi connectivity index (χ4n) is 3.87. The number of carbonyl (C=O) groups excluding carboxylic acids is 1. The Kier molecular flexibility index (Phi) is 7.55. The highest BCUT2D eigenvalue weighted by Gasteiger charge is 2.23. The minimum absolute atomic E-state index is 0.148. The van der Waals surface area contributed by atoms with Crippen LogP contribution in [0.2, 0.25) is 0 Å². The van der Waals surface area contributed by atoms with E-state index in [-0.39, 0.29) is 12.1 Å². The molecule has 0 saturated heterocycles. The molecule has 1 aromatic heterocycles. The zero-order valence-electron chi connectivity index (χ0n) is 19.2. The van der Waals surface area contributed by atoms with Crippen molar-refractivity contribution in [1.82, 2.24) is 15.3 Å². The standard InChI is InChI=1S/C23H34N6O2/c1-6-31-20-10-8-7-9-19(20)27-23(30)26-18-13-11-17(12-14-18)25-22-24-16(3)15(2)21(28-22)29(4)5/h7-10,17-18H,6,11-14H2,1-5H3,(H,24,25,28)(H2,26,27,30). The number of ether oxygens (including phenoxy) is 1. The second-order valence-corrected chi connectivity index (χ2v) is 8.20. The van der Waals surface area contributed by atoms with Crippen LogP contribution in [0, 0.1) is 13.8 Å². The lowest BCUT2D eigenvalue weighted by atomic mass is 9.91. The first-order valence-electron chi connectivity index (χ1n) is 11.0. The Morgan fingerprint density at radius 1 is 1.10 bits per heavy atom. The molecule has 0 radical (unpaired) electrons. The van der Waals surface area contributed by atoms with E-state index in [4.69, 9.17) is 4.74 Å². The SMILES string of the molecule is CCOc1ccccc1NC(=O)NC1CCC(Nc2nc(C)c(C)c(N(C)C)n2)CC1. The van der Waals surface area contributed by atoms with Crippen LogP contribution in [0.4, 0.5) is 22.2 Å². The van der Waals surface area contributed by atoms with Crippen LogP contribution in [0.25, 0.3) is 0 Å². The largest absolute Gasteiger partial charge is 0.492 e. The molecular formula is C23H34N6O2. The number of benzene rings is 1. The molecule has 1 saturated carbocycles. The van der Waals surface area contributed by atoms with Crippen LogP contribution in [0.5, 0.6) is 5.75 Å². The number of para-hydroxylation sites is 2. The van der Waals surface area contributed by atoms with Crippen LogP contribution in [-0.4, -0.2) is 48.8 Å². The molecule has 0 bridgehead atoms. The van der Waals surface area contributed by atoms with Gasteiger partial charge in [-0.25, -0.2) is 9.78 Å². The summed E-state index contributed by atoms with van der Waals surface area (Å²) in [5.74, 6) is 2.29. The van der Waals surface area contributed by atoms with E-state index in [9.17, 15) is 4.79 Å². The van der Waals surface area contributed by atoms with E-state index in [1.807, 2.05) is 64.0 Å². The van der Waals surface area contributed by atoms with Gasteiger partial charge in [0.15, 0.2) is 0 Å². The van der Waals surface area contributed by atoms with Gasteiger partial charge in [0.2, 0.25) is 5.95 Å². The number of carbonyl (C=O) groups is 1. The number of nitrogens with zero attached hydrogens (tertiary/aromatic N) is 3. The van der Waals surface area contributed by atoms with Gasteiger partial charge in [-0.15, -0.1) is 0 Å². The molecule has 0 aliphatic heterocycles. The summed E-state index contributed by atoms with van der Waals surface area (Å²) in [5, 5.41) is 9.48. The molecule has 31 heavy (non-hydrogen) atoms. The van der Waals surface area contributed by atoms with E-state index >= 15 is 0 Å².